The molecule has 2 aromatic rings. The van der Waals surface area contributed by atoms with Crippen LogP contribution in [0.5, 0.6) is 0 Å². The van der Waals surface area contributed by atoms with Crippen LogP contribution in [0.4, 0.5) is 11.4 Å². The van der Waals surface area contributed by atoms with Gasteiger partial charge in [-0.05, 0) is 31.3 Å². The maximum atomic E-state index is 5.82. The minimum Gasteiger partial charge on any atom is -0.338 e. The Morgan fingerprint density at radius 1 is 0.955 bits per heavy atom. The molecule has 0 unspecified atom stereocenters. The van der Waals surface area contributed by atoms with Crippen LogP contribution in [0.3, 0.4) is 0 Å². The van der Waals surface area contributed by atoms with E-state index in [0.29, 0.717) is 5.88 Å². The van der Waals surface area contributed by atoms with Crippen LogP contribution in [0, 0.1) is 0 Å². The van der Waals surface area contributed by atoms with Gasteiger partial charge in [0.25, 0.3) is 0 Å². The number of para-hydroxylation sites is 2. The number of benzene rings is 2. The molecule has 0 saturated carbocycles. The standard InChI is InChI=1S/C17H19ClN2S.ClH/c1-19(11-10-18)12-13-20-14-6-2-4-8-16(14)21-17-9-5-3-7-15(17)20;/h2-9H,10-13H2,1H3;1H. The zero-order chi connectivity index (χ0) is 14.7. The Kier molecular flexibility index (Phi) is 6.45. The topological polar surface area (TPSA) is 6.48 Å². The van der Waals surface area contributed by atoms with Crippen LogP contribution in [-0.2, 0) is 0 Å². The third-order valence-corrected chi connectivity index (χ3v) is 5.00. The van der Waals surface area contributed by atoms with Crippen molar-refractivity contribution < 1.29 is 0 Å². The van der Waals surface area contributed by atoms with Crippen molar-refractivity contribution in [3.8, 4) is 0 Å². The summed E-state index contributed by atoms with van der Waals surface area (Å²) >= 11 is 7.68. The van der Waals surface area contributed by atoms with Gasteiger partial charge in [-0.1, -0.05) is 36.0 Å². The molecule has 0 atom stereocenters. The molecule has 0 radical (unpaired) electrons. The second kappa shape index (κ2) is 8.11. The highest BCUT2D eigenvalue weighted by molar-refractivity contribution is 7.99. The number of hydrogen-bond donors (Lipinski definition) is 0. The lowest BCUT2D eigenvalue weighted by atomic mass is 10.2. The minimum atomic E-state index is 0. The number of fused-ring (bicyclic) bond motifs is 2. The van der Waals surface area contributed by atoms with Crippen molar-refractivity contribution >= 4 is 47.1 Å². The van der Waals surface area contributed by atoms with Gasteiger partial charge in [-0.25, -0.2) is 0 Å². The average molecular weight is 355 g/mol. The van der Waals surface area contributed by atoms with Crippen LogP contribution < -0.4 is 4.90 Å². The Morgan fingerprint density at radius 2 is 1.50 bits per heavy atom. The van der Waals surface area contributed by atoms with E-state index in [-0.39, 0.29) is 12.4 Å². The summed E-state index contributed by atoms with van der Waals surface area (Å²) in [5, 5.41) is 0. The summed E-state index contributed by atoms with van der Waals surface area (Å²) in [5.74, 6) is 0.680. The summed E-state index contributed by atoms with van der Waals surface area (Å²) in [7, 11) is 2.12. The fourth-order valence-electron chi connectivity index (χ4n) is 2.55. The molecule has 0 bridgehead atoms. The number of halogens is 2. The molecule has 1 aliphatic rings. The first kappa shape index (κ1) is 17.5. The summed E-state index contributed by atoms with van der Waals surface area (Å²) in [4.78, 5) is 7.36. The van der Waals surface area contributed by atoms with Gasteiger partial charge in [0.2, 0.25) is 0 Å². The molecule has 0 saturated heterocycles. The minimum absolute atomic E-state index is 0. The summed E-state index contributed by atoms with van der Waals surface area (Å²) in [5.41, 5.74) is 2.61. The molecule has 0 fully saturated rings. The number of likely N-dealkylation sites (N-methyl/N-ethyl adjacent to an activating group) is 1. The van der Waals surface area contributed by atoms with E-state index in [1.54, 1.807) is 0 Å². The predicted molar refractivity (Wildman–Crippen MR) is 99.5 cm³/mol. The molecule has 2 nitrogen and oxygen atoms in total. The molecule has 0 N–H and O–H groups in total. The van der Waals surface area contributed by atoms with Gasteiger partial charge < -0.3 is 9.80 Å². The zero-order valence-corrected chi connectivity index (χ0v) is 14.9. The third-order valence-electron chi connectivity index (χ3n) is 3.70. The average Bonchev–Trinajstić information content (AvgIpc) is 2.51. The van der Waals surface area contributed by atoms with E-state index in [2.05, 4.69) is 65.4 Å². The van der Waals surface area contributed by atoms with E-state index in [4.69, 9.17) is 11.6 Å². The van der Waals surface area contributed by atoms with E-state index in [1.807, 2.05) is 11.8 Å². The SMILES string of the molecule is CN(CCCl)CCN1c2ccccc2Sc2ccccc21.Cl. The molecule has 0 spiro atoms. The Hall–Kier alpha value is -0.870. The highest BCUT2D eigenvalue weighted by Gasteiger charge is 2.22. The molecule has 0 aliphatic carbocycles. The smallest absolute Gasteiger partial charge is 0.0553 e. The number of rotatable bonds is 5. The van der Waals surface area contributed by atoms with Gasteiger partial charge in [-0.2, -0.15) is 0 Å². The lowest BCUT2D eigenvalue weighted by Crippen LogP contribution is -2.32. The number of nitrogens with zero attached hydrogens (tertiary/aromatic N) is 2. The van der Waals surface area contributed by atoms with Gasteiger partial charge in [0, 0.05) is 35.3 Å². The Labute approximate surface area is 147 Å². The first-order valence-electron chi connectivity index (χ1n) is 7.17. The van der Waals surface area contributed by atoms with Gasteiger partial charge in [-0.3, -0.25) is 0 Å². The first-order valence-corrected chi connectivity index (χ1v) is 8.52. The summed E-state index contributed by atoms with van der Waals surface area (Å²) in [6.45, 7) is 2.90. The number of hydrogen-bond acceptors (Lipinski definition) is 3. The van der Waals surface area contributed by atoms with Crippen LogP contribution >= 0.6 is 35.8 Å². The fourth-order valence-corrected chi connectivity index (χ4v) is 3.93. The van der Waals surface area contributed by atoms with Crippen molar-refractivity contribution in [3.05, 3.63) is 48.5 Å². The molecule has 2 aromatic carbocycles. The molecular weight excluding hydrogens is 335 g/mol. The highest BCUT2D eigenvalue weighted by Crippen LogP contribution is 2.47. The molecule has 1 aliphatic heterocycles. The molecule has 0 aromatic heterocycles. The van der Waals surface area contributed by atoms with E-state index >= 15 is 0 Å². The van der Waals surface area contributed by atoms with Crippen LogP contribution in [0.15, 0.2) is 58.3 Å². The highest BCUT2D eigenvalue weighted by atomic mass is 35.5. The van der Waals surface area contributed by atoms with Gasteiger partial charge in [0.1, 0.15) is 0 Å². The summed E-state index contributed by atoms with van der Waals surface area (Å²) < 4.78 is 0. The molecule has 0 amide bonds. The predicted octanol–water partition coefficient (Wildman–Crippen LogP) is 4.88. The van der Waals surface area contributed by atoms with Gasteiger partial charge in [-0.15, -0.1) is 24.0 Å². The molecule has 5 heteroatoms. The normalized spacial score (nSPS) is 12.6. The Morgan fingerprint density at radius 3 is 2.05 bits per heavy atom. The lowest BCUT2D eigenvalue weighted by Gasteiger charge is -2.33. The molecule has 3 rings (SSSR count). The summed E-state index contributed by atoms with van der Waals surface area (Å²) in [6, 6.07) is 17.3. The first-order chi connectivity index (χ1) is 10.3. The molecule has 22 heavy (non-hydrogen) atoms. The quantitative estimate of drug-likeness (QED) is 0.706. The number of alkyl halides is 1. The zero-order valence-electron chi connectivity index (χ0n) is 12.5. The number of anilines is 2. The largest absolute Gasteiger partial charge is 0.338 e. The fraction of sp³-hybridized carbons (Fsp3) is 0.294. The van der Waals surface area contributed by atoms with Crippen LogP contribution in [0.25, 0.3) is 0 Å². The van der Waals surface area contributed by atoms with Crippen molar-refractivity contribution in [1.29, 1.82) is 0 Å². The molecule has 1 heterocycles. The van der Waals surface area contributed by atoms with Crippen LogP contribution in [0.2, 0.25) is 0 Å². The maximum Gasteiger partial charge on any atom is 0.0553 e. The second-order valence-electron chi connectivity index (χ2n) is 5.18. The van der Waals surface area contributed by atoms with Crippen molar-refractivity contribution in [2.75, 3.05) is 37.5 Å². The summed E-state index contributed by atoms with van der Waals surface area (Å²) in [6.07, 6.45) is 0. The maximum absolute atomic E-state index is 5.82. The lowest BCUT2D eigenvalue weighted by molar-refractivity contribution is 0.364. The Bertz CT molecular complexity index is 576. The van der Waals surface area contributed by atoms with Crippen molar-refractivity contribution in [1.82, 2.24) is 4.90 Å². The van der Waals surface area contributed by atoms with Crippen molar-refractivity contribution in [2.45, 2.75) is 9.79 Å². The van der Waals surface area contributed by atoms with E-state index < -0.39 is 0 Å². The molecule has 118 valence electrons. The monoisotopic (exact) mass is 354 g/mol. The van der Waals surface area contributed by atoms with Crippen molar-refractivity contribution in [2.24, 2.45) is 0 Å². The van der Waals surface area contributed by atoms with E-state index in [1.165, 1.54) is 21.2 Å². The Balaban J connectivity index is 0.00000176. The van der Waals surface area contributed by atoms with Gasteiger partial charge in [0.15, 0.2) is 0 Å². The van der Waals surface area contributed by atoms with E-state index in [9.17, 15) is 0 Å². The second-order valence-corrected chi connectivity index (χ2v) is 6.64. The van der Waals surface area contributed by atoms with Gasteiger partial charge >= 0.3 is 0 Å². The van der Waals surface area contributed by atoms with Crippen LogP contribution in [0.1, 0.15) is 0 Å². The van der Waals surface area contributed by atoms with E-state index in [0.717, 1.165) is 19.6 Å². The molecular formula is C17H20Cl2N2S. The third kappa shape index (κ3) is 3.72. The van der Waals surface area contributed by atoms with Gasteiger partial charge in [0.05, 0.1) is 11.4 Å². The van der Waals surface area contributed by atoms with Crippen molar-refractivity contribution in [3.63, 3.8) is 0 Å². The van der Waals surface area contributed by atoms with Crippen LogP contribution in [-0.4, -0.2) is 37.5 Å².